The van der Waals surface area contributed by atoms with Gasteiger partial charge in [0.1, 0.15) is 6.10 Å². The number of fused-ring (bicyclic) bond motifs is 1. The lowest BCUT2D eigenvalue weighted by Gasteiger charge is -2.39. The van der Waals surface area contributed by atoms with E-state index in [1.807, 2.05) is 50.3 Å². The van der Waals surface area contributed by atoms with Crippen molar-refractivity contribution in [3.63, 3.8) is 0 Å². The van der Waals surface area contributed by atoms with Crippen molar-refractivity contribution in [3.05, 3.63) is 48.6 Å². The molecular formula is C19H27NO4. The van der Waals surface area contributed by atoms with Gasteiger partial charge in [0.05, 0.1) is 19.3 Å². The van der Waals surface area contributed by atoms with E-state index >= 15 is 0 Å². The van der Waals surface area contributed by atoms with Crippen LogP contribution in [0.3, 0.4) is 0 Å². The molecule has 0 saturated carbocycles. The lowest BCUT2D eigenvalue weighted by atomic mass is 9.87. The zero-order valence-electron chi connectivity index (χ0n) is 14.4. The van der Waals surface area contributed by atoms with E-state index in [2.05, 4.69) is 6.58 Å². The summed E-state index contributed by atoms with van der Waals surface area (Å²) >= 11 is 0. The van der Waals surface area contributed by atoms with Gasteiger partial charge in [-0.25, -0.2) is 0 Å². The summed E-state index contributed by atoms with van der Waals surface area (Å²) in [5, 5.41) is 0. The molecule has 0 aromatic heterocycles. The summed E-state index contributed by atoms with van der Waals surface area (Å²) < 4.78 is 24.1. The van der Waals surface area contributed by atoms with Crippen LogP contribution in [0.25, 0.3) is 0 Å². The van der Waals surface area contributed by atoms with Gasteiger partial charge in [-0.05, 0) is 25.8 Å². The first kappa shape index (κ1) is 17.6. The minimum Gasteiger partial charge on any atom is -0.349 e. The number of ether oxygens (including phenoxy) is 4. The Hall–Kier alpha value is -1.24. The standard InChI is InChI=1S/C19H27NO4/c1-4-8-15(20)14-12-22-18(17-16(14)23-19(2,3)24-17)21-11-13-9-6-5-7-10-13/h4-7,9-10,14-18H,1,8,11-12,20H2,2-3H3/t14-,15?,16?,17+,18-/m0/s1. The Kier molecular flexibility index (Phi) is 5.37. The van der Waals surface area contributed by atoms with Crippen LogP contribution in [0.15, 0.2) is 43.0 Å². The van der Waals surface area contributed by atoms with E-state index in [0.29, 0.717) is 13.2 Å². The molecule has 5 nitrogen and oxygen atoms in total. The van der Waals surface area contributed by atoms with Crippen molar-refractivity contribution >= 4 is 0 Å². The molecule has 2 saturated heterocycles. The van der Waals surface area contributed by atoms with Crippen LogP contribution in [0.1, 0.15) is 25.8 Å². The fourth-order valence-electron chi connectivity index (χ4n) is 3.38. The van der Waals surface area contributed by atoms with Gasteiger partial charge in [-0.3, -0.25) is 0 Å². The van der Waals surface area contributed by atoms with E-state index in [-0.39, 0.29) is 24.2 Å². The molecule has 0 spiro atoms. The van der Waals surface area contributed by atoms with Gasteiger partial charge in [0.2, 0.25) is 0 Å². The summed E-state index contributed by atoms with van der Waals surface area (Å²) in [6, 6.07) is 9.96. The molecule has 24 heavy (non-hydrogen) atoms. The van der Waals surface area contributed by atoms with Gasteiger partial charge in [0, 0.05) is 12.0 Å². The fourth-order valence-corrected chi connectivity index (χ4v) is 3.38. The maximum Gasteiger partial charge on any atom is 0.186 e. The molecule has 2 fully saturated rings. The molecule has 1 aromatic carbocycles. The Bertz CT molecular complexity index is 548. The Morgan fingerprint density at radius 1 is 1.29 bits per heavy atom. The monoisotopic (exact) mass is 333 g/mol. The Morgan fingerprint density at radius 2 is 2.00 bits per heavy atom. The third-order valence-electron chi connectivity index (χ3n) is 4.55. The summed E-state index contributed by atoms with van der Waals surface area (Å²) in [6.07, 6.45) is 1.68. The molecule has 0 amide bonds. The molecule has 2 N–H and O–H groups in total. The molecule has 5 atom stereocenters. The van der Waals surface area contributed by atoms with Gasteiger partial charge >= 0.3 is 0 Å². The van der Waals surface area contributed by atoms with Crippen molar-refractivity contribution in [2.24, 2.45) is 11.7 Å². The van der Waals surface area contributed by atoms with E-state index in [9.17, 15) is 0 Å². The van der Waals surface area contributed by atoms with E-state index in [0.717, 1.165) is 12.0 Å². The molecule has 1 aromatic rings. The zero-order valence-corrected chi connectivity index (χ0v) is 14.4. The average molecular weight is 333 g/mol. The fraction of sp³-hybridized carbons (Fsp3) is 0.579. The molecule has 0 bridgehead atoms. The van der Waals surface area contributed by atoms with Gasteiger partial charge in [-0.15, -0.1) is 6.58 Å². The van der Waals surface area contributed by atoms with Crippen molar-refractivity contribution < 1.29 is 18.9 Å². The van der Waals surface area contributed by atoms with Crippen LogP contribution in [-0.4, -0.2) is 36.9 Å². The first-order valence-corrected chi connectivity index (χ1v) is 8.49. The van der Waals surface area contributed by atoms with Crippen LogP contribution in [0, 0.1) is 5.92 Å². The highest BCUT2D eigenvalue weighted by atomic mass is 16.8. The minimum atomic E-state index is -0.663. The molecule has 5 heteroatoms. The first-order chi connectivity index (χ1) is 11.5. The third kappa shape index (κ3) is 3.87. The average Bonchev–Trinajstić information content (AvgIpc) is 2.88. The van der Waals surface area contributed by atoms with Crippen molar-refractivity contribution in [1.29, 1.82) is 0 Å². The maximum atomic E-state index is 6.29. The van der Waals surface area contributed by atoms with Crippen molar-refractivity contribution in [3.8, 4) is 0 Å². The van der Waals surface area contributed by atoms with E-state index in [1.54, 1.807) is 0 Å². The van der Waals surface area contributed by atoms with Crippen LogP contribution in [0.5, 0.6) is 0 Å². The number of nitrogens with two attached hydrogens (primary N) is 1. The highest BCUT2D eigenvalue weighted by Gasteiger charge is 2.53. The molecule has 3 rings (SSSR count). The second-order valence-electron chi connectivity index (χ2n) is 6.92. The third-order valence-corrected chi connectivity index (χ3v) is 4.55. The Balaban J connectivity index is 1.68. The number of hydrogen-bond donors (Lipinski definition) is 1. The van der Waals surface area contributed by atoms with Crippen LogP contribution in [-0.2, 0) is 25.6 Å². The highest BCUT2D eigenvalue weighted by Crippen LogP contribution is 2.39. The quantitative estimate of drug-likeness (QED) is 0.811. The molecular weight excluding hydrogens is 306 g/mol. The minimum absolute atomic E-state index is 0.0614. The molecule has 2 unspecified atom stereocenters. The second kappa shape index (κ2) is 7.33. The van der Waals surface area contributed by atoms with Crippen molar-refractivity contribution in [1.82, 2.24) is 0 Å². The van der Waals surface area contributed by atoms with Crippen molar-refractivity contribution in [2.75, 3.05) is 6.61 Å². The van der Waals surface area contributed by atoms with Crippen LogP contribution >= 0.6 is 0 Å². The predicted octanol–water partition coefficient (Wildman–Crippen LogP) is 2.60. The van der Waals surface area contributed by atoms with Gasteiger partial charge in [0.15, 0.2) is 12.1 Å². The lowest BCUT2D eigenvalue weighted by Crippen LogP contribution is -2.54. The van der Waals surface area contributed by atoms with Gasteiger partial charge in [-0.1, -0.05) is 36.4 Å². The number of benzene rings is 1. The van der Waals surface area contributed by atoms with Gasteiger partial charge in [-0.2, -0.15) is 0 Å². The molecule has 0 radical (unpaired) electrons. The van der Waals surface area contributed by atoms with Crippen LogP contribution in [0.2, 0.25) is 0 Å². The predicted molar refractivity (Wildman–Crippen MR) is 91.1 cm³/mol. The molecule has 132 valence electrons. The van der Waals surface area contributed by atoms with E-state index in [1.165, 1.54) is 0 Å². The smallest absolute Gasteiger partial charge is 0.186 e. The molecule has 2 aliphatic rings. The second-order valence-corrected chi connectivity index (χ2v) is 6.92. The summed E-state index contributed by atoms with van der Waals surface area (Å²) in [5.41, 5.74) is 7.38. The summed E-state index contributed by atoms with van der Waals surface area (Å²) in [6.45, 7) is 8.56. The van der Waals surface area contributed by atoms with Crippen molar-refractivity contribution in [2.45, 2.75) is 57.2 Å². The number of hydrogen-bond acceptors (Lipinski definition) is 5. The maximum absolute atomic E-state index is 6.29. The largest absolute Gasteiger partial charge is 0.349 e. The molecule has 2 heterocycles. The molecule has 2 aliphatic heterocycles. The van der Waals surface area contributed by atoms with Gasteiger partial charge in [0.25, 0.3) is 0 Å². The van der Waals surface area contributed by atoms with E-state index < -0.39 is 12.1 Å². The lowest BCUT2D eigenvalue weighted by molar-refractivity contribution is -0.245. The van der Waals surface area contributed by atoms with Gasteiger partial charge < -0.3 is 24.7 Å². The summed E-state index contributed by atoms with van der Waals surface area (Å²) in [7, 11) is 0. The highest BCUT2D eigenvalue weighted by molar-refractivity contribution is 5.13. The van der Waals surface area contributed by atoms with Crippen LogP contribution < -0.4 is 5.73 Å². The van der Waals surface area contributed by atoms with Crippen LogP contribution in [0.4, 0.5) is 0 Å². The normalized spacial score (nSPS) is 33.0. The summed E-state index contributed by atoms with van der Waals surface area (Å²) in [4.78, 5) is 0. The molecule has 0 aliphatic carbocycles. The first-order valence-electron chi connectivity index (χ1n) is 8.49. The Morgan fingerprint density at radius 3 is 2.71 bits per heavy atom. The Labute approximate surface area is 143 Å². The SMILES string of the molecule is C=CCC(N)[C@@H]1CO[C@H](OCc2ccccc2)[C@@H]2OC(C)(C)OC12. The number of rotatable bonds is 6. The summed E-state index contributed by atoms with van der Waals surface area (Å²) in [5.74, 6) is -0.602. The topological polar surface area (TPSA) is 62.9 Å². The van der Waals surface area contributed by atoms with E-state index in [4.69, 9.17) is 24.7 Å². The zero-order chi connectivity index (χ0) is 17.2.